The number of aliphatic hydroxyl groups excluding tert-OH is 2. The van der Waals surface area contributed by atoms with E-state index in [1.807, 2.05) is 30.3 Å². The Morgan fingerprint density at radius 3 is 2.56 bits per heavy atom. The second-order valence-corrected chi connectivity index (χ2v) is 6.84. The van der Waals surface area contributed by atoms with Gasteiger partial charge in [0.2, 0.25) is 0 Å². The summed E-state index contributed by atoms with van der Waals surface area (Å²) < 4.78 is 5.34. The molecule has 1 aromatic carbocycles. The van der Waals surface area contributed by atoms with E-state index in [1.165, 1.54) is 6.92 Å². The second-order valence-electron chi connectivity index (χ2n) is 4.30. The first-order valence-electron chi connectivity index (χ1n) is 5.79. The summed E-state index contributed by atoms with van der Waals surface area (Å²) in [5.41, 5.74) is 0.868. The van der Waals surface area contributed by atoms with Crippen molar-refractivity contribution in [3.05, 3.63) is 35.9 Å². The Labute approximate surface area is 112 Å². The van der Waals surface area contributed by atoms with Crippen LogP contribution in [0.25, 0.3) is 0 Å². The Kier molecular flexibility index (Phi) is 4.40. The zero-order chi connectivity index (χ0) is 13.1. The van der Waals surface area contributed by atoms with Crippen molar-refractivity contribution in [2.45, 2.75) is 35.4 Å². The Hall–Kier alpha value is -0.871. The van der Waals surface area contributed by atoms with E-state index in [2.05, 4.69) is 0 Å². The van der Waals surface area contributed by atoms with Gasteiger partial charge in [-0.3, -0.25) is 0 Å². The van der Waals surface area contributed by atoms with Gasteiger partial charge in [0.25, 0.3) is 0 Å². The molecule has 4 nitrogen and oxygen atoms in total. The van der Waals surface area contributed by atoms with Crippen LogP contribution in [0.2, 0.25) is 10.1 Å². The van der Waals surface area contributed by atoms with E-state index in [4.69, 9.17) is 4.74 Å². The molecule has 4 atom stereocenters. The summed E-state index contributed by atoms with van der Waals surface area (Å²) in [6, 6.07) is 9.38. The molecule has 0 saturated carbocycles. The molecule has 1 aliphatic rings. The normalized spacial score (nSPS) is 28.9. The quantitative estimate of drug-likeness (QED) is 0.643. The monoisotopic (exact) mass is 316 g/mol. The van der Waals surface area contributed by atoms with Gasteiger partial charge >= 0.3 is 112 Å². The van der Waals surface area contributed by atoms with Crippen LogP contribution in [0, 0.1) is 0 Å². The molecule has 1 fully saturated rings. The molecule has 0 unspecified atom stereocenters. The van der Waals surface area contributed by atoms with E-state index < -0.39 is 18.3 Å². The Morgan fingerprint density at radius 2 is 2.06 bits per heavy atom. The molecule has 18 heavy (non-hydrogen) atoms. The first-order chi connectivity index (χ1) is 8.59. The van der Waals surface area contributed by atoms with Gasteiger partial charge in [0, 0.05) is 0 Å². The minimum absolute atomic E-state index is 0.0643. The number of ether oxygens (including phenoxy) is 1. The molecule has 0 aliphatic carbocycles. The molecule has 2 N–H and O–H groups in total. The van der Waals surface area contributed by atoms with Crippen LogP contribution < -0.4 is 0 Å². The Balaban J connectivity index is 2.23. The number of esters is 1. The molecule has 1 aromatic rings. The van der Waals surface area contributed by atoms with Crippen LogP contribution >= 0.6 is 0 Å². The van der Waals surface area contributed by atoms with Crippen molar-refractivity contribution in [3.63, 3.8) is 0 Å². The average Bonchev–Trinajstić information content (AvgIpc) is 2.68. The molecule has 2 rings (SSSR count). The maximum absolute atomic E-state index is 11.2. The van der Waals surface area contributed by atoms with Gasteiger partial charge in [0.15, 0.2) is 0 Å². The van der Waals surface area contributed by atoms with Crippen LogP contribution in [0.3, 0.4) is 0 Å². The van der Waals surface area contributed by atoms with Crippen molar-refractivity contribution in [2.24, 2.45) is 0 Å². The van der Waals surface area contributed by atoms with E-state index in [9.17, 15) is 15.0 Å². The van der Waals surface area contributed by atoms with Crippen LogP contribution in [0.1, 0.15) is 18.6 Å². The predicted octanol–water partition coefficient (Wildman–Crippen LogP) is 0.937. The van der Waals surface area contributed by atoms with Gasteiger partial charge in [-0.2, -0.15) is 0 Å². The molecule has 0 amide bonds. The molecule has 1 aliphatic heterocycles. The molecule has 0 aromatic heterocycles. The molecule has 0 bridgehead atoms. The molecule has 1 saturated heterocycles. The number of carbonyl (C=O) groups excluding carboxylic acids is 1. The summed E-state index contributed by atoms with van der Waals surface area (Å²) in [7, 11) is 0. The Morgan fingerprint density at radius 1 is 1.39 bits per heavy atom. The van der Waals surface area contributed by atoms with Crippen molar-refractivity contribution >= 4 is 20.9 Å². The summed E-state index contributed by atoms with van der Waals surface area (Å²) in [6.07, 6.45) is -1.97. The SMILES string of the molecule is CC(=O)O[C@@H](c1ccccc1)[C@H]1[Se]C[C@H](O)[C@@H]1O. The zero-order valence-corrected chi connectivity index (χ0v) is 11.7. The first kappa shape index (κ1) is 13.6. The zero-order valence-electron chi connectivity index (χ0n) is 10.0. The summed E-state index contributed by atoms with van der Waals surface area (Å²) in [4.78, 5) is 11.0. The van der Waals surface area contributed by atoms with E-state index in [1.54, 1.807) is 0 Å². The van der Waals surface area contributed by atoms with E-state index in [0.29, 0.717) is 5.32 Å². The van der Waals surface area contributed by atoms with E-state index in [0.717, 1.165) is 5.56 Å². The van der Waals surface area contributed by atoms with Crippen molar-refractivity contribution in [1.29, 1.82) is 0 Å². The minimum atomic E-state index is -0.811. The van der Waals surface area contributed by atoms with Gasteiger partial charge < -0.3 is 0 Å². The van der Waals surface area contributed by atoms with Gasteiger partial charge in [0.1, 0.15) is 0 Å². The van der Waals surface area contributed by atoms with Crippen molar-refractivity contribution in [3.8, 4) is 0 Å². The molecule has 98 valence electrons. The van der Waals surface area contributed by atoms with Crippen molar-refractivity contribution < 1.29 is 19.7 Å². The van der Waals surface area contributed by atoms with Crippen molar-refractivity contribution in [2.75, 3.05) is 0 Å². The predicted molar refractivity (Wildman–Crippen MR) is 67.3 cm³/mol. The standard InChI is InChI=1S/C13H16O4Se/c1-8(14)17-12(9-5-3-2-4-6-9)13-11(16)10(15)7-18-13/h2-6,10-13,15-16H,7H2,1H3/t10-,11-,12-,13-/m0/s1. The number of benzene rings is 1. The Bertz CT molecular complexity index is 409. The molecule has 0 spiro atoms. The molecular formula is C13H16O4Se. The summed E-state index contributed by atoms with van der Waals surface area (Å²) in [5.74, 6) is -0.367. The topological polar surface area (TPSA) is 66.8 Å². The fourth-order valence-corrected chi connectivity index (χ4v) is 4.94. The first-order valence-corrected chi connectivity index (χ1v) is 7.99. The van der Waals surface area contributed by atoms with Crippen LogP contribution in [-0.4, -0.2) is 43.3 Å². The average molecular weight is 315 g/mol. The summed E-state index contributed by atoms with van der Waals surface area (Å²) in [6.45, 7) is 1.36. The molecular weight excluding hydrogens is 299 g/mol. The third-order valence-electron chi connectivity index (χ3n) is 2.91. The summed E-state index contributed by atoms with van der Waals surface area (Å²) in [5, 5.41) is 20.2. The van der Waals surface area contributed by atoms with Gasteiger partial charge in [-0.1, -0.05) is 0 Å². The number of carbonyl (C=O) groups is 1. The number of rotatable bonds is 3. The molecule has 5 heteroatoms. The maximum atomic E-state index is 11.2. The fourth-order valence-electron chi connectivity index (χ4n) is 2.04. The van der Waals surface area contributed by atoms with Gasteiger partial charge in [-0.15, -0.1) is 0 Å². The van der Waals surface area contributed by atoms with Crippen LogP contribution in [0.5, 0.6) is 0 Å². The van der Waals surface area contributed by atoms with Gasteiger partial charge in [-0.25, -0.2) is 0 Å². The van der Waals surface area contributed by atoms with Crippen LogP contribution in [0.15, 0.2) is 30.3 Å². The fraction of sp³-hybridized carbons (Fsp3) is 0.462. The number of hydrogen-bond acceptors (Lipinski definition) is 4. The third kappa shape index (κ3) is 2.93. The summed E-state index contributed by atoms with van der Waals surface area (Å²) >= 11 is 0.0643. The van der Waals surface area contributed by atoms with Gasteiger partial charge in [0.05, 0.1) is 0 Å². The van der Waals surface area contributed by atoms with Crippen LogP contribution in [-0.2, 0) is 9.53 Å². The van der Waals surface area contributed by atoms with Gasteiger partial charge in [-0.05, 0) is 0 Å². The van der Waals surface area contributed by atoms with E-state index >= 15 is 0 Å². The molecule has 0 radical (unpaired) electrons. The third-order valence-corrected chi connectivity index (χ3v) is 5.94. The van der Waals surface area contributed by atoms with Crippen LogP contribution in [0.4, 0.5) is 0 Å². The molecule has 1 heterocycles. The second kappa shape index (κ2) is 5.85. The number of aliphatic hydroxyl groups is 2. The van der Waals surface area contributed by atoms with E-state index in [-0.39, 0.29) is 25.7 Å². The van der Waals surface area contributed by atoms with Crippen molar-refractivity contribution in [1.82, 2.24) is 0 Å². The number of hydrogen-bond donors (Lipinski definition) is 2.